The Hall–Kier alpha value is -3.15. The average molecular weight is 394 g/mol. The molecule has 0 aromatic heterocycles. The number of carbonyl (C=O) groups excluding carboxylic acids is 3. The van der Waals surface area contributed by atoms with Crippen LogP contribution in [0.5, 0.6) is 0 Å². The Balaban J connectivity index is 1.63. The van der Waals surface area contributed by atoms with Gasteiger partial charge in [-0.3, -0.25) is 9.59 Å². The predicted octanol–water partition coefficient (Wildman–Crippen LogP) is 3.80. The molecular formula is C23H26N2O4. The van der Waals surface area contributed by atoms with Gasteiger partial charge in [0.25, 0.3) is 0 Å². The van der Waals surface area contributed by atoms with E-state index in [0.717, 1.165) is 11.3 Å². The van der Waals surface area contributed by atoms with Crippen molar-refractivity contribution in [3.05, 3.63) is 59.7 Å². The van der Waals surface area contributed by atoms with E-state index in [4.69, 9.17) is 4.74 Å². The molecule has 0 unspecified atom stereocenters. The highest BCUT2D eigenvalue weighted by atomic mass is 16.5. The van der Waals surface area contributed by atoms with Crippen molar-refractivity contribution in [1.82, 2.24) is 0 Å². The van der Waals surface area contributed by atoms with E-state index in [9.17, 15) is 14.4 Å². The van der Waals surface area contributed by atoms with Crippen LogP contribution in [0.25, 0.3) is 0 Å². The first-order valence-electron chi connectivity index (χ1n) is 9.78. The minimum Gasteiger partial charge on any atom is -0.462 e. The van der Waals surface area contributed by atoms with Crippen molar-refractivity contribution in [3.8, 4) is 0 Å². The predicted molar refractivity (Wildman–Crippen MR) is 112 cm³/mol. The Morgan fingerprint density at radius 2 is 1.90 bits per heavy atom. The molecule has 1 fully saturated rings. The maximum Gasteiger partial charge on any atom is 0.338 e. The first-order chi connectivity index (χ1) is 13.8. The molecular weight excluding hydrogens is 368 g/mol. The van der Waals surface area contributed by atoms with E-state index < -0.39 is 11.9 Å². The van der Waals surface area contributed by atoms with Crippen molar-refractivity contribution < 1.29 is 19.1 Å². The number of ether oxygens (including phenoxy) is 1. The zero-order valence-corrected chi connectivity index (χ0v) is 17.0. The highest BCUT2D eigenvalue weighted by molar-refractivity contribution is 6.03. The number of aryl methyl sites for hydroxylation is 1. The summed E-state index contributed by atoms with van der Waals surface area (Å²) in [6.07, 6.45) is 0.163. The van der Waals surface area contributed by atoms with E-state index in [2.05, 4.69) is 5.32 Å². The zero-order chi connectivity index (χ0) is 21.0. The summed E-state index contributed by atoms with van der Waals surface area (Å²) in [4.78, 5) is 38.8. The van der Waals surface area contributed by atoms with E-state index in [-0.39, 0.29) is 24.2 Å². The Morgan fingerprint density at radius 3 is 2.59 bits per heavy atom. The maximum atomic E-state index is 12.7. The van der Waals surface area contributed by atoms with E-state index in [1.54, 1.807) is 29.2 Å². The molecule has 0 radical (unpaired) electrons. The number of anilines is 2. The van der Waals surface area contributed by atoms with Gasteiger partial charge >= 0.3 is 5.97 Å². The monoisotopic (exact) mass is 394 g/mol. The molecule has 6 nitrogen and oxygen atoms in total. The third kappa shape index (κ3) is 5.22. The number of hydrogen-bond acceptors (Lipinski definition) is 4. The number of nitrogens with one attached hydrogen (secondary N) is 1. The van der Waals surface area contributed by atoms with Gasteiger partial charge in [0, 0.05) is 24.3 Å². The highest BCUT2D eigenvalue weighted by Crippen LogP contribution is 2.26. The molecule has 1 aliphatic heterocycles. The molecule has 2 aromatic rings. The van der Waals surface area contributed by atoms with Crippen LogP contribution in [0, 0.1) is 18.8 Å². The Labute approximate surface area is 170 Å². The van der Waals surface area contributed by atoms with Gasteiger partial charge in [-0.05, 0) is 43.2 Å². The van der Waals surface area contributed by atoms with Gasteiger partial charge in [0.1, 0.15) is 0 Å². The van der Waals surface area contributed by atoms with Crippen molar-refractivity contribution in [2.75, 3.05) is 23.4 Å². The fourth-order valence-electron chi connectivity index (χ4n) is 3.15. The standard InChI is InChI=1S/C23H26N2O4/c1-15(2)14-29-23(28)17-5-4-6-19(11-17)24-22(27)18-12-21(26)25(13-18)20-9-7-16(3)8-10-20/h4-11,15,18H,12-14H2,1-3H3,(H,24,27)/t18-/m0/s1. The summed E-state index contributed by atoms with van der Waals surface area (Å²) in [6.45, 7) is 6.59. The highest BCUT2D eigenvalue weighted by Gasteiger charge is 2.35. The van der Waals surface area contributed by atoms with Crippen LogP contribution in [-0.4, -0.2) is 30.9 Å². The molecule has 1 N–H and O–H groups in total. The van der Waals surface area contributed by atoms with Crippen molar-refractivity contribution >= 4 is 29.2 Å². The molecule has 0 saturated carbocycles. The second-order valence-electron chi connectivity index (χ2n) is 7.80. The summed E-state index contributed by atoms with van der Waals surface area (Å²) >= 11 is 0. The summed E-state index contributed by atoms with van der Waals surface area (Å²) in [7, 11) is 0. The van der Waals surface area contributed by atoms with Crippen molar-refractivity contribution in [2.24, 2.45) is 11.8 Å². The van der Waals surface area contributed by atoms with Crippen molar-refractivity contribution in [1.29, 1.82) is 0 Å². The largest absolute Gasteiger partial charge is 0.462 e. The van der Waals surface area contributed by atoms with Gasteiger partial charge in [-0.25, -0.2) is 4.79 Å². The fourth-order valence-corrected chi connectivity index (χ4v) is 3.15. The summed E-state index contributed by atoms with van der Waals surface area (Å²) in [5, 5.41) is 2.82. The molecule has 0 bridgehead atoms. The molecule has 6 heteroatoms. The molecule has 1 aliphatic rings. The van der Waals surface area contributed by atoms with Crippen LogP contribution in [-0.2, 0) is 14.3 Å². The number of esters is 1. The average Bonchev–Trinajstić information content (AvgIpc) is 3.08. The Morgan fingerprint density at radius 1 is 1.17 bits per heavy atom. The Bertz CT molecular complexity index is 905. The number of carbonyl (C=O) groups is 3. The molecule has 3 rings (SSSR count). The van der Waals surface area contributed by atoms with Gasteiger partial charge in [0.2, 0.25) is 11.8 Å². The molecule has 29 heavy (non-hydrogen) atoms. The van der Waals surface area contributed by atoms with E-state index in [1.807, 2.05) is 45.0 Å². The van der Waals surface area contributed by atoms with Crippen LogP contribution in [0.4, 0.5) is 11.4 Å². The molecule has 0 spiro atoms. The third-order valence-electron chi connectivity index (χ3n) is 4.76. The lowest BCUT2D eigenvalue weighted by atomic mass is 10.1. The van der Waals surface area contributed by atoms with Crippen LogP contribution in [0.15, 0.2) is 48.5 Å². The molecule has 152 valence electrons. The number of benzene rings is 2. The smallest absolute Gasteiger partial charge is 0.338 e. The fraction of sp³-hybridized carbons (Fsp3) is 0.348. The molecule has 1 heterocycles. The normalized spacial score (nSPS) is 16.2. The topological polar surface area (TPSA) is 75.7 Å². The lowest BCUT2D eigenvalue weighted by Gasteiger charge is -2.17. The van der Waals surface area contributed by atoms with Crippen LogP contribution < -0.4 is 10.2 Å². The maximum absolute atomic E-state index is 12.7. The second kappa shape index (κ2) is 8.90. The molecule has 1 atom stereocenters. The van der Waals surface area contributed by atoms with Gasteiger partial charge in [0.15, 0.2) is 0 Å². The zero-order valence-electron chi connectivity index (χ0n) is 17.0. The first kappa shape index (κ1) is 20.6. The van der Waals surface area contributed by atoms with Crippen molar-refractivity contribution in [3.63, 3.8) is 0 Å². The lowest BCUT2D eigenvalue weighted by molar-refractivity contribution is -0.122. The van der Waals surface area contributed by atoms with Crippen molar-refractivity contribution in [2.45, 2.75) is 27.2 Å². The minimum absolute atomic E-state index is 0.0694. The van der Waals surface area contributed by atoms with E-state index in [0.29, 0.717) is 24.4 Å². The summed E-state index contributed by atoms with van der Waals surface area (Å²) in [6, 6.07) is 14.3. The molecule has 2 amide bonds. The van der Waals surface area contributed by atoms with Gasteiger partial charge in [-0.2, -0.15) is 0 Å². The van der Waals surface area contributed by atoms with Gasteiger partial charge in [-0.1, -0.05) is 37.6 Å². The van der Waals surface area contributed by atoms with Crippen LogP contribution in [0.3, 0.4) is 0 Å². The number of nitrogens with zero attached hydrogens (tertiary/aromatic N) is 1. The third-order valence-corrected chi connectivity index (χ3v) is 4.76. The number of rotatable bonds is 6. The summed E-state index contributed by atoms with van der Waals surface area (Å²) < 4.78 is 5.23. The number of hydrogen-bond donors (Lipinski definition) is 1. The van der Waals surface area contributed by atoms with Crippen LogP contribution in [0.1, 0.15) is 36.2 Å². The second-order valence-corrected chi connectivity index (χ2v) is 7.80. The SMILES string of the molecule is Cc1ccc(N2C[C@@H](C(=O)Nc3cccc(C(=O)OCC(C)C)c3)CC2=O)cc1. The van der Waals surface area contributed by atoms with Gasteiger partial charge in [-0.15, -0.1) is 0 Å². The Kier molecular flexibility index (Phi) is 6.32. The first-order valence-corrected chi connectivity index (χ1v) is 9.78. The van der Waals surface area contributed by atoms with E-state index in [1.165, 1.54) is 0 Å². The summed E-state index contributed by atoms with van der Waals surface area (Å²) in [5.74, 6) is -0.921. The van der Waals surface area contributed by atoms with Gasteiger partial charge < -0.3 is 15.0 Å². The lowest BCUT2D eigenvalue weighted by Crippen LogP contribution is -2.28. The number of amides is 2. The van der Waals surface area contributed by atoms with E-state index >= 15 is 0 Å². The molecule has 0 aliphatic carbocycles. The quantitative estimate of drug-likeness (QED) is 0.756. The van der Waals surface area contributed by atoms with Gasteiger partial charge in [0.05, 0.1) is 18.1 Å². The molecule has 2 aromatic carbocycles. The van der Waals surface area contributed by atoms with Crippen LogP contribution in [0.2, 0.25) is 0 Å². The minimum atomic E-state index is -0.444. The van der Waals surface area contributed by atoms with Crippen LogP contribution >= 0.6 is 0 Å². The summed E-state index contributed by atoms with van der Waals surface area (Å²) in [5.41, 5.74) is 2.80. The molecule has 1 saturated heterocycles.